The van der Waals surface area contributed by atoms with Gasteiger partial charge in [-0.1, -0.05) is 12.1 Å². The Labute approximate surface area is 187 Å². The van der Waals surface area contributed by atoms with Crippen LogP contribution in [0.2, 0.25) is 0 Å². The summed E-state index contributed by atoms with van der Waals surface area (Å²) >= 11 is 1.38. The Hall–Kier alpha value is -3.07. The molecule has 1 aromatic heterocycles. The number of carbonyl (C=O) groups is 1. The molecular formula is C23H21F3N2O3S. The van der Waals surface area contributed by atoms with Gasteiger partial charge < -0.3 is 14.4 Å². The number of alkyl halides is 3. The molecule has 1 saturated heterocycles. The maximum Gasteiger partial charge on any atom is 0.416 e. The molecule has 0 N–H and O–H groups in total. The van der Waals surface area contributed by atoms with Crippen molar-refractivity contribution in [2.75, 3.05) is 20.2 Å². The number of rotatable bonds is 6. The molecule has 1 amide bonds. The third-order valence-corrected chi connectivity index (χ3v) is 6.09. The zero-order valence-electron chi connectivity index (χ0n) is 17.3. The van der Waals surface area contributed by atoms with Crippen molar-refractivity contribution in [2.24, 2.45) is 0 Å². The zero-order chi connectivity index (χ0) is 22.7. The number of thiazole rings is 1. The van der Waals surface area contributed by atoms with Crippen LogP contribution in [0, 0.1) is 0 Å². The summed E-state index contributed by atoms with van der Waals surface area (Å²) in [6.07, 6.45) is -2.32. The molecule has 5 nitrogen and oxygen atoms in total. The van der Waals surface area contributed by atoms with Crippen LogP contribution in [-0.2, 0) is 12.8 Å². The lowest BCUT2D eigenvalue weighted by molar-refractivity contribution is -0.137. The number of hydrogen-bond donors (Lipinski definition) is 0. The van der Waals surface area contributed by atoms with Crippen molar-refractivity contribution < 1.29 is 27.4 Å². The summed E-state index contributed by atoms with van der Waals surface area (Å²) in [7, 11) is 1.51. The molecule has 0 unspecified atom stereocenters. The van der Waals surface area contributed by atoms with Gasteiger partial charge in [0, 0.05) is 24.0 Å². The van der Waals surface area contributed by atoms with Gasteiger partial charge in [-0.15, -0.1) is 11.3 Å². The molecule has 4 rings (SSSR count). The molecule has 2 heterocycles. The SMILES string of the molecule is COc1cc(-c2nc(C(=O)N3CCCC3)cs2)ccc1OCc1ccc(C(F)(F)F)cc1. The fraction of sp³-hybridized carbons (Fsp3) is 0.304. The van der Waals surface area contributed by atoms with Gasteiger partial charge in [0.1, 0.15) is 17.3 Å². The summed E-state index contributed by atoms with van der Waals surface area (Å²) in [5.41, 5.74) is 1.13. The molecule has 0 spiro atoms. The number of halogens is 3. The van der Waals surface area contributed by atoms with Gasteiger partial charge in [0.2, 0.25) is 0 Å². The molecule has 1 aliphatic heterocycles. The van der Waals surface area contributed by atoms with Gasteiger partial charge in [-0.2, -0.15) is 13.2 Å². The normalized spacial score (nSPS) is 13.9. The van der Waals surface area contributed by atoms with E-state index in [-0.39, 0.29) is 12.5 Å². The van der Waals surface area contributed by atoms with E-state index in [9.17, 15) is 18.0 Å². The number of hydrogen-bond acceptors (Lipinski definition) is 5. The van der Waals surface area contributed by atoms with E-state index in [1.807, 2.05) is 11.0 Å². The molecule has 0 atom stereocenters. The van der Waals surface area contributed by atoms with Crippen molar-refractivity contribution in [1.82, 2.24) is 9.88 Å². The highest BCUT2D eigenvalue weighted by Crippen LogP contribution is 2.35. The van der Waals surface area contributed by atoms with Crippen LogP contribution in [0.3, 0.4) is 0 Å². The molecule has 32 heavy (non-hydrogen) atoms. The van der Waals surface area contributed by atoms with Crippen LogP contribution < -0.4 is 9.47 Å². The molecule has 0 aliphatic carbocycles. The van der Waals surface area contributed by atoms with Gasteiger partial charge in [-0.05, 0) is 48.7 Å². The fourth-order valence-electron chi connectivity index (χ4n) is 3.46. The van der Waals surface area contributed by atoms with E-state index in [0.717, 1.165) is 43.6 Å². The minimum atomic E-state index is -4.37. The lowest BCUT2D eigenvalue weighted by Gasteiger charge is -2.13. The van der Waals surface area contributed by atoms with E-state index >= 15 is 0 Å². The van der Waals surface area contributed by atoms with Crippen LogP contribution in [0.25, 0.3) is 10.6 Å². The highest BCUT2D eigenvalue weighted by atomic mass is 32.1. The molecule has 0 bridgehead atoms. The summed E-state index contributed by atoms with van der Waals surface area (Å²) in [4.78, 5) is 18.8. The molecule has 2 aromatic carbocycles. The molecule has 3 aromatic rings. The predicted octanol–water partition coefficient (Wildman–Crippen LogP) is 5.65. The van der Waals surface area contributed by atoms with E-state index in [1.165, 1.54) is 30.6 Å². The molecule has 0 saturated carbocycles. The number of amides is 1. The minimum absolute atomic E-state index is 0.0477. The number of aromatic nitrogens is 1. The monoisotopic (exact) mass is 462 g/mol. The largest absolute Gasteiger partial charge is 0.493 e. The van der Waals surface area contributed by atoms with Gasteiger partial charge in [-0.3, -0.25) is 4.79 Å². The lowest BCUT2D eigenvalue weighted by atomic mass is 10.1. The van der Waals surface area contributed by atoms with Crippen molar-refractivity contribution in [3.05, 3.63) is 64.7 Å². The first-order valence-electron chi connectivity index (χ1n) is 10.1. The van der Waals surface area contributed by atoms with Crippen molar-refractivity contribution in [1.29, 1.82) is 0 Å². The van der Waals surface area contributed by atoms with Gasteiger partial charge in [0.25, 0.3) is 5.91 Å². The molecule has 9 heteroatoms. The minimum Gasteiger partial charge on any atom is -0.493 e. The van der Waals surface area contributed by atoms with E-state index in [0.29, 0.717) is 27.8 Å². The van der Waals surface area contributed by atoms with Gasteiger partial charge in [0.05, 0.1) is 12.7 Å². The van der Waals surface area contributed by atoms with Gasteiger partial charge >= 0.3 is 6.18 Å². The number of benzene rings is 2. The van der Waals surface area contributed by atoms with Crippen LogP contribution in [0.15, 0.2) is 47.8 Å². The van der Waals surface area contributed by atoms with Crippen LogP contribution >= 0.6 is 11.3 Å². The third kappa shape index (κ3) is 4.88. The topological polar surface area (TPSA) is 51.7 Å². The van der Waals surface area contributed by atoms with Crippen molar-refractivity contribution in [3.8, 4) is 22.1 Å². The molecule has 0 radical (unpaired) electrons. The maximum atomic E-state index is 12.7. The number of ether oxygens (including phenoxy) is 2. The van der Waals surface area contributed by atoms with Gasteiger partial charge in [0.15, 0.2) is 11.5 Å². The first-order valence-corrected chi connectivity index (χ1v) is 11.0. The molecular weight excluding hydrogens is 441 g/mol. The molecule has 1 aliphatic rings. The Bertz CT molecular complexity index is 1090. The Morgan fingerprint density at radius 1 is 1.09 bits per heavy atom. The smallest absolute Gasteiger partial charge is 0.416 e. The predicted molar refractivity (Wildman–Crippen MR) is 115 cm³/mol. The third-order valence-electron chi connectivity index (χ3n) is 5.20. The Morgan fingerprint density at radius 3 is 2.47 bits per heavy atom. The summed E-state index contributed by atoms with van der Waals surface area (Å²) in [5, 5.41) is 2.46. The van der Waals surface area contributed by atoms with E-state index in [2.05, 4.69) is 4.98 Å². The Morgan fingerprint density at radius 2 is 1.81 bits per heavy atom. The standard InChI is InChI=1S/C23H21F3N2O3S/c1-30-20-12-16(21-27-18(14-32-21)22(29)28-10-2-3-11-28)6-9-19(20)31-13-15-4-7-17(8-5-15)23(24,25)26/h4-9,12,14H,2-3,10-11,13H2,1H3. The average molecular weight is 462 g/mol. The second-order valence-corrected chi connectivity index (χ2v) is 8.24. The highest BCUT2D eigenvalue weighted by Gasteiger charge is 2.30. The second kappa shape index (κ2) is 9.20. The number of methoxy groups -OCH3 is 1. The first kappa shape index (κ1) is 22.1. The molecule has 1 fully saturated rings. The molecule has 168 valence electrons. The maximum absolute atomic E-state index is 12.7. The van der Waals surface area contributed by atoms with Gasteiger partial charge in [-0.25, -0.2) is 4.98 Å². The average Bonchev–Trinajstić information content (AvgIpc) is 3.49. The fourth-order valence-corrected chi connectivity index (χ4v) is 4.25. The van der Waals surface area contributed by atoms with E-state index in [1.54, 1.807) is 17.5 Å². The van der Waals surface area contributed by atoms with E-state index < -0.39 is 11.7 Å². The van der Waals surface area contributed by atoms with Crippen LogP contribution in [0.1, 0.15) is 34.5 Å². The van der Waals surface area contributed by atoms with Crippen molar-refractivity contribution in [2.45, 2.75) is 25.6 Å². The summed E-state index contributed by atoms with van der Waals surface area (Å²) in [6, 6.07) is 10.1. The van der Waals surface area contributed by atoms with Crippen molar-refractivity contribution in [3.63, 3.8) is 0 Å². The Kier molecular flexibility index (Phi) is 6.36. The summed E-state index contributed by atoms with van der Waals surface area (Å²) in [5.74, 6) is 0.881. The number of likely N-dealkylation sites (tertiary alicyclic amines) is 1. The van der Waals surface area contributed by atoms with Crippen molar-refractivity contribution >= 4 is 17.2 Å². The van der Waals surface area contributed by atoms with Crippen LogP contribution in [0.4, 0.5) is 13.2 Å². The Balaban J connectivity index is 1.45. The first-order chi connectivity index (χ1) is 15.3. The summed E-state index contributed by atoms with van der Waals surface area (Å²) < 4.78 is 49.3. The van der Waals surface area contributed by atoms with E-state index in [4.69, 9.17) is 9.47 Å². The zero-order valence-corrected chi connectivity index (χ0v) is 18.1. The second-order valence-electron chi connectivity index (χ2n) is 7.39. The number of carbonyl (C=O) groups excluding carboxylic acids is 1. The summed E-state index contributed by atoms with van der Waals surface area (Å²) in [6.45, 7) is 1.63. The number of nitrogens with zero attached hydrogens (tertiary/aromatic N) is 2. The lowest BCUT2D eigenvalue weighted by Crippen LogP contribution is -2.27. The van der Waals surface area contributed by atoms with Crippen LogP contribution in [0.5, 0.6) is 11.5 Å². The van der Waals surface area contributed by atoms with Crippen LogP contribution in [-0.4, -0.2) is 36.0 Å². The quantitative estimate of drug-likeness (QED) is 0.475. The highest BCUT2D eigenvalue weighted by molar-refractivity contribution is 7.13.